The summed E-state index contributed by atoms with van der Waals surface area (Å²) < 4.78 is 9.54. The summed E-state index contributed by atoms with van der Waals surface area (Å²) in [5, 5.41) is 3.57. The lowest BCUT2D eigenvalue weighted by Crippen LogP contribution is -2.42. The van der Waals surface area contributed by atoms with E-state index >= 15 is 0 Å². The standard InChI is InChI=1S/C14H25NO2.C14H13NO2/c2*1-17-14(16)12-7-8-15-13(10-12)9-11-5-3-2-4-6-11/h11-13,15H,2-10H2,1H3;2-8,10H,9H2,1H3. The normalized spacial score (nSPS) is 20.5. The van der Waals surface area contributed by atoms with Crippen molar-refractivity contribution in [2.24, 2.45) is 11.8 Å². The number of benzene rings is 1. The summed E-state index contributed by atoms with van der Waals surface area (Å²) in [6, 6.07) is 14.0. The van der Waals surface area contributed by atoms with E-state index in [9.17, 15) is 9.59 Å². The Bertz CT molecular complexity index is 896. The molecule has 1 saturated heterocycles. The third-order valence-corrected chi connectivity index (χ3v) is 6.84. The fraction of sp³-hybridized carbons (Fsp3) is 0.536. The first kappa shape index (κ1) is 25.9. The lowest BCUT2D eigenvalue weighted by atomic mass is 9.81. The number of pyridine rings is 1. The van der Waals surface area contributed by atoms with Gasteiger partial charge in [0.1, 0.15) is 0 Å². The predicted molar refractivity (Wildman–Crippen MR) is 133 cm³/mol. The van der Waals surface area contributed by atoms with Crippen molar-refractivity contribution in [2.75, 3.05) is 20.8 Å². The van der Waals surface area contributed by atoms with Crippen LogP contribution in [0.2, 0.25) is 0 Å². The van der Waals surface area contributed by atoms with Crippen LogP contribution in [0.5, 0.6) is 0 Å². The number of piperidine rings is 1. The number of rotatable bonds is 6. The first-order valence-corrected chi connectivity index (χ1v) is 12.5. The summed E-state index contributed by atoms with van der Waals surface area (Å²) in [6.45, 7) is 0.969. The molecule has 0 bridgehead atoms. The Morgan fingerprint density at radius 1 is 1.00 bits per heavy atom. The monoisotopic (exact) mass is 466 g/mol. The van der Waals surface area contributed by atoms with E-state index in [1.807, 2.05) is 30.3 Å². The highest BCUT2D eigenvalue weighted by molar-refractivity contribution is 5.89. The molecule has 2 heterocycles. The van der Waals surface area contributed by atoms with Gasteiger partial charge in [0.2, 0.25) is 0 Å². The number of esters is 2. The Hall–Kier alpha value is -2.73. The molecule has 2 aromatic rings. The Balaban J connectivity index is 0.000000191. The number of aromatic nitrogens is 1. The number of carbonyl (C=O) groups excluding carboxylic acids is 2. The van der Waals surface area contributed by atoms with Crippen LogP contribution in [0.4, 0.5) is 0 Å². The van der Waals surface area contributed by atoms with Gasteiger partial charge in [-0.1, -0.05) is 62.4 Å². The molecule has 6 heteroatoms. The minimum Gasteiger partial charge on any atom is -0.469 e. The molecule has 1 aliphatic heterocycles. The Morgan fingerprint density at radius 3 is 2.47 bits per heavy atom. The second kappa shape index (κ2) is 13.9. The van der Waals surface area contributed by atoms with Crippen LogP contribution in [0.25, 0.3) is 0 Å². The molecule has 1 aromatic heterocycles. The molecule has 1 saturated carbocycles. The maximum Gasteiger partial charge on any atom is 0.337 e. The second-order valence-electron chi connectivity index (χ2n) is 9.33. The molecule has 184 valence electrons. The summed E-state index contributed by atoms with van der Waals surface area (Å²) in [6.07, 6.45) is 12.5. The number of methoxy groups -OCH3 is 2. The Kier molecular flexibility index (Phi) is 10.5. The Morgan fingerprint density at radius 2 is 1.76 bits per heavy atom. The quantitative estimate of drug-likeness (QED) is 0.607. The van der Waals surface area contributed by atoms with Gasteiger partial charge in [-0.15, -0.1) is 0 Å². The molecule has 6 nitrogen and oxygen atoms in total. The predicted octanol–water partition coefficient (Wildman–Crippen LogP) is 4.96. The molecule has 4 rings (SSSR count). The van der Waals surface area contributed by atoms with Crippen LogP contribution in [0.1, 0.15) is 73.0 Å². The summed E-state index contributed by atoms with van der Waals surface area (Å²) in [4.78, 5) is 27.2. The van der Waals surface area contributed by atoms with Crippen molar-refractivity contribution < 1.29 is 19.1 Å². The van der Waals surface area contributed by atoms with Gasteiger partial charge in [0.15, 0.2) is 0 Å². The number of hydrogen-bond acceptors (Lipinski definition) is 6. The highest BCUT2D eigenvalue weighted by Crippen LogP contribution is 2.30. The molecule has 2 aliphatic rings. The van der Waals surface area contributed by atoms with Gasteiger partial charge < -0.3 is 14.8 Å². The molecule has 1 aliphatic carbocycles. The van der Waals surface area contributed by atoms with Gasteiger partial charge in [-0.2, -0.15) is 0 Å². The lowest BCUT2D eigenvalue weighted by Gasteiger charge is -2.32. The van der Waals surface area contributed by atoms with E-state index in [0.717, 1.165) is 31.0 Å². The van der Waals surface area contributed by atoms with Crippen molar-refractivity contribution in [1.29, 1.82) is 0 Å². The van der Waals surface area contributed by atoms with Gasteiger partial charge in [0.25, 0.3) is 0 Å². The van der Waals surface area contributed by atoms with E-state index in [1.165, 1.54) is 58.3 Å². The van der Waals surface area contributed by atoms with Crippen LogP contribution in [0.3, 0.4) is 0 Å². The van der Waals surface area contributed by atoms with Crippen molar-refractivity contribution in [3.63, 3.8) is 0 Å². The third kappa shape index (κ3) is 8.24. The van der Waals surface area contributed by atoms with E-state index < -0.39 is 0 Å². The fourth-order valence-corrected chi connectivity index (χ4v) is 5.02. The molecule has 34 heavy (non-hydrogen) atoms. The first-order chi connectivity index (χ1) is 16.6. The molecule has 2 fully saturated rings. The molecular weight excluding hydrogens is 428 g/mol. The third-order valence-electron chi connectivity index (χ3n) is 6.84. The Labute approximate surface area is 203 Å². The number of nitrogens with one attached hydrogen (secondary N) is 1. The van der Waals surface area contributed by atoms with Crippen LogP contribution < -0.4 is 5.32 Å². The number of nitrogens with zero attached hydrogens (tertiary/aromatic N) is 1. The van der Waals surface area contributed by atoms with E-state index in [0.29, 0.717) is 18.0 Å². The average molecular weight is 467 g/mol. The molecular formula is C28H38N2O4. The van der Waals surface area contributed by atoms with E-state index in [1.54, 1.807) is 18.3 Å². The highest BCUT2D eigenvalue weighted by atomic mass is 16.5. The molecule has 2 atom stereocenters. The average Bonchev–Trinajstić information content (AvgIpc) is 2.89. The van der Waals surface area contributed by atoms with E-state index in [2.05, 4.69) is 15.0 Å². The molecule has 0 radical (unpaired) electrons. The van der Waals surface area contributed by atoms with Gasteiger partial charge in [0.05, 0.1) is 25.7 Å². The van der Waals surface area contributed by atoms with Crippen LogP contribution in [0, 0.1) is 11.8 Å². The highest BCUT2D eigenvalue weighted by Gasteiger charge is 2.29. The van der Waals surface area contributed by atoms with Crippen molar-refractivity contribution in [3.05, 3.63) is 65.5 Å². The van der Waals surface area contributed by atoms with Gasteiger partial charge in [-0.05, 0) is 49.4 Å². The number of ether oxygens (including phenoxy) is 2. The maximum absolute atomic E-state index is 11.6. The van der Waals surface area contributed by atoms with Crippen LogP contribution in [-0.2, 0) is 20.7 Å². The minimum atomic E-state index is -0.332. The zero-order valence-electron chi connectivity index (χ0n) is 20.5. The first-order valence-electron chi connectivity index (χ1n) is 12.5. The van der Waals surface area contributed by atoms with Gasteiger partial charge in [0, 0.05) is 24.4 Å². The molecule has 1 N–H and O–H groups in total. The lowest BCUT2D eigenvalue weighted by molar-refractivity contribution is -0.146. The number of carbonyl (C=O) groups is 2. The number of hydrogen-bond donors (Lipinski definition) is 1. The van der Waals surface area contributed by atoms with Crippen LogP contribution in [-0.4, -0.2) is 43.7 Å². The zero-order valence-corrected chi connectivity index (χ0v) is 20.5. The van der Waals surface area contributed by atoms with Crippen molar-refractivity contribution in [3.8, 4) is 0 Å². The van der Waals surface area contributed by atoms with Crippen molar-refractivity contribution >= 4 is 11.9 Å². The molecule has 0 spiro atoms. The van der Waals surface area contributed by atoms with Crippen molar-refractivity contribution in [1.82, 2.24) is 10.3 Å². The largest absolute Gasteiger partial charge is 0.469 e. The van der Waals surface area contributed by atoms with Gasteiger partial charge >= 0.3 is 11.9 Å². The molecule has 2 unspecified atom stereocenters. The van der Waals surface area contributed by atoms with E-state index in [-0.39, 0.29) is 17.9 Å². The topological polar surface area (TPSA) is 77.5 Å². The second-order valence-corrected chi connectivity index (χ2v) is 9.33. The van der Waals surface area contributed by atoms with Crippen LogP contribution in [0.15, 0.2) is 48.7 Å². The zero-order chi connectivity index (χ0) is 24.2. The SMILES string of the molecule is COC(=O)C1CCNC(CC2CCCCC2)C1.COC(=O)c1ccnc(Cc2ccccc2)c1. The maximum atomic E-state index is 11.6. The molecule has 0 amide bonds. The fourth-order valence-electron chi connectivity index (χ4n) is 5.02. The summed E-state index contributed by atoms with van der Waals surface area (Å²) in [5.41, 5.74) is 2.56. The summed E-state index contributed by atoms with van der Waals surface area (Å²) >= 11 is 0. The van der Waals surface area contributed by atoms with Crippen molar-refractivity contribution in [2.45, 2.75) is 63.8 Å². The smallest absolute Gasteiger partial charge is 0.337 e. The summed E-state index contributed by atoms with van der Waals surface area (Å²) in [5.74, 6) is 0.675. The molecule has 1 aromatic carbocycles. The van der Waals surface area contributed by atoms with Gasteiger partial charge in [-0.25, -0.2) is 4.79 Å². The van der Waals surface area contributed by atoms with Crippen LogP contribution >= 0.6 is 0 Å². The van der Waals surface area contributed by atoms with E-state index in [4.69, 9.17) is 4.74 Å². The summed E-state index contributed by atoms with van der Waals surface area (Å²) in [7, 11) is 2.88. The minimum absolute atomic E-state index is 0.0138. The van der Waals surface area contributed by atoms with Gasteiger partial charge in [-0.3, -0.25) is 9.78 Å².